The topological polar surface area (TPSA) is 59.7 Å². The van der Waals surface area contributed by atoms with Crippen molar-refractivity contribution in [2.45, 2.75) is 33.9 Å². The molecule has 0 saturated carbocycles. The summed E-state index contributed by atoms with van der Waals surface area (Å²) >= 11 is 11.6. The van der Waals surface area contributed by atoms with Crippen LogP contribution in [0.4, 0.5) is 20.3 Å². The van der Waals surface area contributed by atoms with Gasteiger partial charge in [0, 0.05) is 16.8 Å². The van der Waals surface area contributed by atoms with E-state index in [4.69, 9.17) is 23.8 Å². The summed E-state index contributed by atoms with van der Waals surface area (Å²) < 4.78 is 30.1. The largest absolute Gasteiger partial charge is 0.329 e. The van der Waals surface area contributed by atoms with Gasteiger partial charge in [0.1, 0.15) is 11.6 Å². The molecule has 0 aliphatic rings. The van der Waals surface area contributed by atoms with Crippen molar-refractivity contribution >= 4 is 40.4 Å². The number of nitrogens with zero attached hydrogens (tertiary/aromatic N) is 4. The van der Waals surface area contributed by atoms with Crippen LogP contribution in [-0.4, -0.2) is 24.7 Å². The van der Waals surface area contributed by atoms with Gasteiger partial charge in [0.2, 0.25) is 0 Å². The first-order valence-electron chi connectivity index (χ1n) is 10.5. The predicted octanol–water partition coefficient (Wildman–Crippen LogP) is 5.84. The molecule has 0 atom stereocenters. The lowest BCUT2D eigenvalue weighted by Crippen LogP contribution is -2.20. The smallest absolute Gasteiger partial charge is 0.176 e. The van der Waals surface area contributed by atoms with Crippen LogP contribution in [0.5, 0.6) is 0 Å². The average molecular weight is 501 g/mol. The number of nitrogens with one attached hydrogen (secondary N) is 2. The lowest BCUT2D eigenvalue weighted by atomic mass is 10.2. The molecule has 4 rings (SSSR count). The van der Waals surface area contributed by atoms with Gasteiger partial charge in [-0.25, -0.2) is 8.78 Å². The van der Waals surface area contributed by atoms with Crippen molar-refractivity contribution in [3.63, 3.8) is 0 Å². The molecule has 0 unspecified atom stereocenters. The summed E-state index contributed by atoms with van der Waals surface area (Å²) in [5, 5.41) is 16.1. The number of aryl methyl sites for hydroxylation is 2. The Morgan fingerprint density at radius 1 is 0.912 bits per heavy atom. The van der Waals surface area contributed by atoms with Gasteiger partial charge in [-0.1, -0.05) is 29.8 Å². The van der Waals surface area contributed by atoms with E-state index in [1.807, 2.05) is 31.5 Å². The van der Waals surface area contributed by atoms with E-state index < -0.39 is 0 Å². The zero-order valence-electron chi connectivity index (χ0n) is 18.9. The Balaban J connectivity index is 1.43. The molecule has 0 fully saturated rings. The van der Waals surface area contributed by atoms with E-state index in [1.54, 1.807) is 22.9 Å². The van der Waals surface area contributed by atoms with Gasteiger partial charge in [-0.3, -0.25) is 9.36 Å². The van der Waals surface area contributed by atoms with Crippen molar-refractivity contribution < 1.29 is 8.78 Å². The predicted molar refractivity (Wildman–Crippen MR) is 135 cm³/mol. The first-order valence-corrected chi connectivity index (χ1v) is 11.3. The SMILES string of the molecule is Cc1nn(Cc2ccc(F)cc2)c(C)c1NC(=S)Nc1cc(C)n(Cc2ccc(F)cc2Cl)n1. The Kier molecular flexibility index (Phi) is 6.95. The number of anilines is 2. The number of aromatic nitrogens is 4. The molecule has 0 aliphatic heterocycles. The van der Waals surface area contributed by atoms with Crippen LogP contribution in [0.15, 0.2) is 48.5 Å². The number of benzene rings is 2. The van der Waals surface area contributed by atoms with Crippen LogP contribution in [0.25, 0.3) is 0 Å². The Morgan fingerprint density at radius 2 is 1.62 bits per heavy atom. The maximum Gasteiger partial charge on any atom is 0.176 e. The molecule has 6 nitrogen and oxygen atoms in total. The molecule has 0 radical (unpaired) electrons. The van der Waals surface area contributed by atoms with E-state index in [0.717, 1.165) is 33.9 Å². The molecule has 0 spiro atoms. The highest BCUT2D eigenvalue weighted by Crippen LogP contribution is 2.22. The molecule has 2 aromatic heterocycles. The number of hydrogen-bond acceptors (Lipinski definition) is 3. The molecule has 34 heavy (non-hydrogen) atoms. The highest BCUT2D eigenvalue weighted by atomic mass is 35.5. The van der Waals surface area contributed by atoms with Crippen LogP contribution in [0, 0.1) is 32.4 Å². The van der Waals surface area contributed by atoms with Gasteiger partial charge in [0.25, 0.3) is 0 Å². The fourth-order valence-corrected chi connectivity index (χ4v) is 4.03. The molecular formula is C24H23ClF2N6S. The zero-order valence-corrected chi connectivity index (χ0v) is 20.4. The van der Waals surface area contributed by atoms with Gasteiger partial charge in [0.05, 0.1) is 30.2 Å². The number of thiocarbonyl (C=S) groups is 1. The van der Waals surface area contributed by atoms with Crippen LogP contribution < -0.4 is 10.6 Å². The lowest BCUT2D eigenvalue weighted by molar-refractivity contribution is 0.622. The Labute approximate surface area is 206 Å². The van der Waals surface area contributed by atoms with Gasteiger partial charge in [-0.15, -0.1) is 0 Å². The van der Waals surface area contributed by atoms with E-state index in [1.165, 1.54) is 24.3 Å². The van der Waals surface area contributed by atoms with Gasteiger partial charge in [-0.2, -0.15) is 10.2 Å². The van der Waals surface area contributed by atoms with Crippen molar-refractivity contribution in [1.82, 2.24) is 19.6 Å². The Hall–Kier alpha value is -3.30. The number of hydrogen-bond donors (Lipinski definition) is 2. The monoisotopic (exact) mass is 500 g/mol. The maximum absolute atomic E-state index is 13.3. The quantitative estimate of drug-likeness (QED) is 0.326. The number of halogens is 3. The second kappa shape index (κ2) is 9.90. The van der Waals surface area contributed by atoms with Crippen LogP contribution in [0.3, 0.4) is 0 Å². The normalized spacial score (nSPS) is 11.0. The van der Waals surface area contributed by atoms with E-state index in [9.17, 15) is 8.78 Å². The molecule has 176 valence electrons. The van der Waals surface area contributed by atoms with Gasteiger partial charge < -0.3 is 10.6 Å². The summed E-state index contributed by atoms with van der Waals surface area (Å²) in [5.74, 6) is -0.0760. The minimum Gasteiger partial charge on any atom is -0.329 e. The van der Waals surface area contributed by atoms with Crippen molar-refractivity contribution in [3.8, 4) is 0 Å². The summed E-state index contributed by atoms with van der Waals surface area (Å²) in [6, 6.07) is 12.5. The molecule has 0 aliphatic carbocycles. The lowest BCUT2D eigenvalue weighted by Gasteiger charge is -2.10. The first-order chi connectivity index (χ1) is 16.2. The number of rotatable bonds is 6. The van der Waals surface area contributed by atoms with Crippen LogP contribution in [0.2, 0.25) is 5.02 Å². The van der Waals surface area contributed by atoms with Crippen LogP contribution >= 0.6 is 23.8 Å². The minimum absolute atomic E-state index is 0.269. The standard InChI is InChI=1S/C24H23ClF2N6S/c1-14-10-22(31-32(14)13-18-6-9-20(27)11-21(18)25)28-24(34)29-23-15(2)30-33(16(23)3)12-17-4-7-19(26)8-5-17/h4-11H,12-13H2,1-3H3,(H2,28,29,31,34). The molecule has 0 bridgehead atoms. The van der Waals surface area contributed by atoms with E-state index in [0.29, 0.717) is 29.0 Å². The van der Waals surface area contributed by atoms with Crippen LogP contribution in [0.1, 0.15) is 28.2 Å². The second-order valence-electron chi connectivity index (χ2n) is 7.97. The minimum atomic E-state index is -0.378. The van der Waals surface area contributed by atoms with E-state index >= 15 is 0 Å². The summed E-state index contributed by atoms with van der Waals surface area (Å²) in [7, 11) is 0. The highest BCUT2D eigenvalue weighted by Gasteiger charge is 2.15. The second-order valence-corrected chi connectivity index (χ2v) is 8.79. The maximum atomic E-state index is 13.3. The summed E-state index contributed by atoms with van der Waals surface area (Å²) in [5.41, 5.74) is 5.09. The molecule has 2 heterocycles. The third-order valence-corrected chi connectivity index (χ3v) is 5.98. The molecular weight excluding hydrogens is 478 g/mol. The molecule has 10 heteroatoms. The van der Waals surface area contributed by atoms with Gasteiger partial charge in [-0.05, 0) is 68.4 Å². The van der Waals surface area contributed by atoms with Gasteiger partial charge >= 0.3 is 0 Å². The Morgan fingerprint density at radius 3 is 2.32 bits per heavy atom. The molecule has 0 saturated heterocycles. The molecule has 4 aromatic rings. The molecule has 0 amide bonds. The first kappa shape index (κ1) is 23.8. The molecule has 2 aromatic carbocycles. The van der Waals surface area contributed by atoms with Crippen LogP contribution in [-0.2, 0) is 13.1 Å². The summed E-state index contributed by atoms with van der Waals surface area (Å²) in [6.07, 6.45) is 0. The van der Waals surface area contributed by atoms with Crippen molar-refractivity contribution in [1.29, 1.82) is 0 Å². The Bertz CT molecular complexity index is 1350. The van der Waals surface area contributed by atoms with Crippen molar-refractivity contribution in [2.75, 3.05) is 10.6 Å². The fourth-order valence-electron chi connectivity index (χ4n) is 3.60. The summed E-state index contributed by atoms with van der Waals surface area (Å²) in [4.78, 5) is 0. The van der Waals surface area contributed by atoms with E-state index in [-0.39, 0.29) is 11.6 Å². The third-order valence-electron chi connectivity index (χ3n) is 5.42. The van der Waals surface area contributed by atoms with Crippen molar-refractivity contribution in [3.05, 3.63) is 93.4 Å². The van der Waals surface area contributed by atoms with Crippen molar-refractivity contribution in [2.24, 2.45) is 0 Å². The highest BCUT2D eigenvalue weighted by molar-refractivity contribution is 7.80. The average Bonchev–Trinajstić information content (AvgIpc) is 3.24. The summed E-state index contributed by atoms with van der Waals surface area (Å²) in [6.45, 7) is 6.68. The van der Waals surface area contributed by atoms with E-state index in [2.05, 4.69) is 20.8 Å². The zero-order chi connectivity index (χ0) is 24.4. The fraction of sp³-hybridized carbons (Fsp3) is 0.208. The van der Waals surface area contributed by atoms with Gasteiger partial charge in [0.15, 0.2) is 10.9 Å². The third kappa shape index (κ3) is 5.43. The molecule has 2 N–H and O–H groups in total.